The van der Waals surface area contributed by atoms with Crippen LogP contribution < -0.4 is 15.5 Å². The third kappa shape index (κ3) is 4.06. The number of hydrogen-bond acceptors (Lipinski definition) is 4. The molecule has 1 saturated heterocycles. The second-order valence-corrected chi connectivity index (χ2v) is 8.19. The van der Waals surface area contributed by atoms with E-state index in [-0.39, 0.29) is 35.3 Å². The zero-order valence-electron chi connectivity index (χ0n) is 16.1. The molecule has 1 amide bonds. The van der Waals surface area contributed by atoms with Crippen LogP contribution >= 0.6 is 11.6 Å². The molecule has 0 spiro atoms. The van der Waals surface area contributed by atoms with Crippen LogP contribution in [0.25, 0.3) is 0 Å². The number of hydrogen-bond donors (Lipinski definition) is 3. The van der Waals surface area contributed by atoms with Crippen LogP contribution in [-0.2, 0) is 11.2 Å². The Bertz CT molecular complexity index is 994. The molecule has 4 rings (SSSR count). The summed E-state index contributed by atoms with van der Waals surface area (Å²) in [6, 6.07) is 4.89. The van der Waals surface area contributed by atoms with Crippen molar-refractivity contribution in [1.82, 2.24) is 0 Å². The van der Waals surface area contributed by atoms with Gasteiger partial charge in [-0.2, -0.15) is 0 Å². The molecule has 2 aliphatic heterocycles. The van der Waals surface area contributed by atoms with Crippen molar-refractivity contribution in [1.29, 1.82) is 0 Å². The molecule has 2 aliphatic rings. The number of rotatable bonds is 4. The number of nitrogens with one attached hydrogen (secondary N) is 2. The summed E-state index contributed by atoms with van der Waals surface area (Å²) in [5, 5.41) is 16.4. The van der Waals surface area contributed by atoms with Crippen molar-refractivity contribution < 1.29 is 23.1 Å². The van der Waals surface area contributed by atoms with Crippen molar-refractivity contribution in [2.75, 3.05) is 35.2 Å². The number of aliphatic hydroxyl groups is 1. The molecule has 5 nitrogen and oxygen atoms in total. The summed E-state index contributed by atoms with van der Waals surface area (Å²) >= 11 is 5.61. The number of piperidine rings is 1. The van der Waals surface area contributed by atoms with Crippen molar-refractivity contribution in [3.63, 3.8) is 0 Å². The van der Waals surface area contributed by atoms with Crippen LogP contribution in [0, 0.1) is 17.5 Å². The number of carbonyl (C=O) groups excluding carboxylic acids is 1. The number of fused-ring (bicyclic) bond motifs is 1. The maximum atomic E-state index is 14.2. The Balaban J connectivity index is 1.42. The fourth-order valence-corrected chi connectivity index (χ4v) is 4.13. The second-order valence-electron chi connectivity index (χ2n) is 7.78. The average molecular weight is 440 g/mol. The molecule has 30 heavy (non-hydrogen) atoms. The van der Waals surface area contributed by atoms with Gasteiger partial charge in [0.05, 0.1) is 22.0 Å². The standard InChI is InChI=1S/C21H21ClF3N3O2/c22-13-9-16(25)18(10-15(13)24)28-7-5-21(30,6-8-28)11-26-17-3-2-14(23)20-12(17)1-4-19(29)27-20/h2-3,9-10,26,30H,1,4-8,11H2,(H,27,29). The Hall–Kier alpha value is -2.45. The number of anilines is 3. The molecule has 0 saturated carbocycles. The Morgan fingerprint density at radius 1 is 1.10 bits per heavy atom. The van der Waals surface area contributed by atoms with E-state index in [1.165, 1.54) is 6.07 Å². The number of benzene rings is 2. The molecule has 0 radical (unpaired) electrons. The average Bonchev–Trinajstić information content (AvgIpc) is 2.71. The predicted octanol–water partition coefficient (Wildman–Crippen LogP) is 4.09. The van der Waals surface area contributed by atoms with E-state index in [2.05, 4.69) is 10.6 Å². The van der Waals surface area contributed by atoms with E-state index in [4.69, 9.17) is 11.6 Å². The summed E-state index contributed by atoms with van der Waals surface area (Å²) in [5.74, 6) is -2.02. The Kier molecular flexibility index (Phi) is 5.55. The van der Waals surface area contributed by atoms with Gasteiger partial charge in [-0.25, -0.2) is 13.2 Å². The maximum absolute atomic E-state index is 14.2. The minimum absolute atomic E-state index is 0.121. The van der Waals surface area contributed by atoms with Gasteiger partial charge in [-0.3, -0.25) is 4.79 Å². The summed E-state index contributed by atoms with van der Waals surface area (Å²) in [5.41, 5.74) is 0.577. The fourth-order valence-electron chi connectivity index (χ4n) is 3.97. The molecule has 1 fully saturated rings. The van der Waals surface area contributed by atoms with Crippen LogP contribution in [0.5, 0.6) is 0 Å². The molecule has 0 aromatic heterocycles. The van der Waals surface area contributed by atoms with E-state index >= 15 is 0 Å². The van der Waals surface area contributed by atoms with Gasteiger partial charge in [0.15, 0.2) is 0 Å². The lowest BCUT2D eigenvalue weighted by Gasteiger charge is -2.39. The third-order valence-electron chi connectivity index (χ3n) is 5.76. The van der Waals surface area contributed by atoms with Crippen molar-refractivity contribution in [3.05, 3.63) is 52.3 Å². The van der Waals surface area contributed by atoms with E-state index in [1.54, 1.807) is 11.0 Å². The zero-order chi connectivity index (χ0) is 21.5. The highest BCUT2D eigenvalue weighted by Gasteiger charge is 2.33. The van der Waals surface area contributed by atoms with Crippen LogP contribution in [0.3, 0.4) is 0 Å². The first kappa shape index (κ1) is 20.8. The molecule has 0 aliphatic carbocycles. The largest absolute Gasteiger partial charge is 0.388 e. The molecule has 0 bridgehead atoms. The minimum Gasteiger partial charge on any atom is -0.388 e. The van der Waals surface area contributed by atoms with Gasteiger partial charge in [-0.15, -0.1) is 0 Å². The zero-order valence-corrected chi connectivity index (χ0v) is 16.8. The molecular weight excluding hydrogens is 419 g/mol. The SMILES string of the molecule is O=C1CCc2c(NCC3(O)CCN(c4cc(F)c(Cl)cc4F)CC3)ccc(F)c2N1. The monoisotopic (exact) mass is 439 g/mol. The number of nitrogens with zero attached hydrogens (tertiary/aromatic N) is 1. The smallest absolute Gasteiger partial charge is 0.224 e. The Morgan fingerprint density at radius 3 is 2.57 bits per heavy atom. The maximum Gasteiger partial charge on any atom is 0.224 e. The summed E-state index contributed by atoms with van der Waals surface area (Å²) in [7, 11) is 0. The minimum atomic E-state index is -1.06. The lowest BCUT2D eigenvalue weighted by atomic mass is 9.90. The van der Waals surface area contributed by atoms with Gasteiger partial charge in [0.25, 0.3) is 0 Å². The van der Waals surface area contributed by atoms with Crippen LogP contribution in [0.15, 0.2) is 24.3 Å². The summed E-state index contributed by atoms with van der Waals surface area (Å²) in [6.45, 7) is 0.895. The van der Waals surface area contributed by atoms with Gasteiger partial charge in [0.2, 0.25) is 5.91 Å². The third-order valence-corrected chi connectivity index (χ3v) is 6.05. The molecule has 9 heteroatoms. The van der Waals surface area contributed by atoms with E-state index in [0.29, 0.717) is 43.6 Å². The summed E-state index contributed by atoms with van der Waals surface area (Å²) < 4.78 is 41.9. The normalized spacial score (nSPS) is 18.0. The molecule has 0 atom stereocenters. The first-order valence-corrected chi connectivity index (χ1v) is 10.1. The topological polar surface area (TPSA) is 64.6 Å². The quantitative estimate of drug-likeness (QED) is 0.628. The Morgan fingerprint density at radius 2 is 1.83 bits per heavy atom. The number of halogens is 4. The first-order chi connectivity index (χ1) is 14.3. The van der Waals surface area contributed by atoms with Gasteiger partial charge in [0.1, 0.15) is 17.5 Å². The molecule has 2 aromatic carbocycles. The van der Waals surface area contributed by atoms with Gasteiger partial charge < -0.3 is 20.6 Å². The predicted molar refractivity (Wildman–Crippen MR) is 110 cm³/mol. The highest BCUT2D eigenvalue weighted by molar-refractivity contribution is 6.30. The van der Waals surface area contributed by atoms with Crippen LogP contribution in [-0.4, -0.2) is 36.2 Å². The number of amides is 1. The lowest BCUT2D eigenvalue weighted by molar-refractivity contribution is -0.116. The number of carbonyl (C=O) groups is 1. The summed E-state index contributed by atoms with van der Waals surface area (Å²) in [6.07, 6.45) is 1.36. The van der Waals surface area contributed by atoms with Crippen LogP contribution in [0.4, 0.5) is 30.2 Å². The molecule has 2 aromatic rings. The molecule has 3 N–H and O–H groups in total. The van der Waals surface area contributed by atoms with Crippen LogP contribution in [0.1, 0.15) is 24.8 Å². The van der Waals surface area contributed by atoms with Gasteiger partial charge >= 0.3 is 0 Å². The van der Waals surface area contributed by atoms with Crippen molar-refractivity contribution in [2.45, 2.75) is 31.3 Å². The van der Waals surface area contributed by atoms with E-state index in [1.807, 2.05) is 0 Å². The van der Waals surface area contributed by atoms with E-state index in [0.717, 1.165) is 12.1 Å². The van der Waals surface area contributed by atoms with Crippen molar-refractivity contribution >= 4 is 34.6 Å². The van der Waals surface area contributed by atoms with Crippen molar-refractivity contribution in [2.24, 2.45) is 0 Å². The summed E-state index contributed by atoms with van der Waals surface area (Å²) in [4.78, 5) is 13.2. The van der Waals surface area contributed by atoms with Gasteiger partial charge in [0, 0.05) is 43.4 Å². The fraction of sp³-hybridized carbons (Fsp3) is 0.381. The highest BCUT2D eigenvalue weighted by atomic mass is 35.5. The van der Waals surface area contributed by atoms with Crippen molar-refractivity contribution in [3.8, 4) is 0 Å². The van der Waals surface area contributed by atoms with Crippen LogP contribution in [0.2, 0.25) is 5.02 Å². The van der Waals surface area contributed by atoms with Gasteiger partial charge in [-0.05, 0) is 37.5 Å². The molecular formula is C21H21ClF3N3O2. The molecule has 0 unspecified atom stereocenters. The van der Waals surface area contributed by atoms with Gasteiger partial charge in [-0.1, -0.05) is 11.6 Å². The molecule has 2 heterocycles. The van der Waals surface area contributed by atoms with E-state index in [9.17, 15) is 23.1 Å². The highest BCUT2D eigenvalue weighted by Crippen LogP contribution is 2.34. The molecule has 160 valence electrons. The lowest BCUT2D eigenvalue weighted by Crippen LogP contribution is -2.48. The van der Waals surface area contributed by atoms with E-state index < -0.39 is 23.1 Å². The Labute approximate surface area is 176 Å². The second kappa shape index (κ2) is 8.00. The first-order valence-electron chi connectivity index (χ1n) is 9.73.